The van der Waals surface area contributed by atoms with E-state index in [1.54, 1.807) is 0 Å². The standard InChI is InChI=1S/C15H23N3O/c1-5-19-13-9-7-6-8-12(13)15(4)10-17-14(16)18(15)11(2)3/h6-9,11H,5,10H2,1-4H3,(H2,16,17). The van der Waals surface area contributed by atoms with E-state index in [-0.39, 0.29) is 5.54 Å². The van der Waals surface area contributed by atoms with Crippen LogP contribution in [0.2, 0.25) is 0 Å². The molecule has 1 heterocycles. The van der Waals surface area contributed by atoms with Gasteiger partial charge in [-0.2, -0.15) is 0 Å². The van der Waals surface area contributed by atoms with Crippen molar-refractivity contribution in [2.24, 2.45) is 10.7 Å². The average molecular weight is 261 g/mol. The molecular formula is C15H23N3O. The molecule has 0 saturated carbocycles. The molecule has 0 amide bonds. The first-order chi connectivity index (χ1) is 9.00. The smallest absolute Gasteiger partial charge is 0.192 e. The van der Waals surface area contributed by atoms with Gasteiger partial charge in [0.25, 0.3) is 0 Å². The Morgan fingerprint density at radius 1 is 1.42 bits per heavy atom. The number of rotatable bonds is 4. The van der Waals surface area contributed by atoms with Crippen molar-refractivity contribution in [3.63, 3.8) is 0 Å². The quantitative estimate of drug-likeness (QED) is 0.905. The molecule has 1 aliphatic heterocycles. The van der Waals surface area contributed by atoms with Gasteiger partial charge in [0.1, 0.15) is 5.75 Å². The van der Waals surface area contributed by atoms with Crippen LogP contribution in [-0.2, 0) is 5.54 Å². The lowest BCUT2D eigenvalue weighted by Crippen LogP contribution is -2.51. The van der Waals surface area contributed by atoms with Gasteiger partial charge in [-0.15, -0.1) is 0 Å². The van der Waals surface area contributed by atoms with E-state index in [9.17, 15) is 0 Å². The maximum atomic E-state index is 6.05. The number of nitrogens with two attached hydrogens (primary N) is 1. The summed E-state index contributed by atoms with van der Waals surface area (Å²) in [6, 6.07) is 8.45. The Morgan fingerprint density at radius 2 is 2.11 bits per heavy atom. The van der Waals surface area contributed by atoms with E-state index in [1.807, 2.05) is 25.1 Å². The third-order valence-corrected chi connectivity index (χ3v) is 3.61. The van der Waals surface area contributed by atoms with Crippen molar-refractivity contribution in [3.05, 3.63) is 29.8 Å². The Hall–Kier alpha value is -1.71. The van der Waals surface area contributed by atoms with Gasteiger partial charge in [-0.05, 0) is 33.8 Å². The third-order valence-electron chi connectivity index (χ3n) is 3.61. The number of ether oxygens (including phenoxy) is 1. The fourth-order valence-corrected chi connectivity index (χ4v) is 2.88. The van der Waals surface area contributed by atoms with E-state index < -0.39 is 0 Å². The number of benzene rings is 1. The normalized spacial score (nSPS) is 22.8. The fraction of sp³-hybridized carbons (Fsp3) is 0.533. The largest absolute Gasteiger partial charge is 0.494 e. The summed E-state index contributed by atoms with van der Waals surface area (Å²) in [6.07, 6.45) is 0. The predicted molar refractivity (Wildman–Crippen MR) is 78.4 cm³/mol. The fourth-order valence-electron chi connectivity index (χ4n) is 2.88. The zero-order chi connectivity index (χ0) is 14.0. The minimum Gasteiger partial charge on any atom is -0.494 e. The van der Waals surface area contributed by atoms with Crippen molar-refractivity contribution >= 4 is 5.96 Å². The molecule has 1 atom stereocenters. The van der Waals surface area contributed by atoms with Gasteiger partial charge in [-0.1, -0.05) is 18.2 Å². The van der Waals surface area contributed by atoms with E-state index in [4.69, 9.17) is 10.5 Å². The lowest BCUT2D eigenvalue weighted by molar-refractivity contribution is 0.178. The van der Waals surface area contributed by atoms with Gasteiger partial charge in [0.2, 0.25) is 0 Å². The Bertz CT molecular complexity index is 484. The second-order valence-corrected chi connectivity index (χ2v) is 5.34. The van der Waals surface area contributed by atoms with Crippen molar-refractivity contribution in [1.29, 1.82) is 0 Å². The lowest BCUT2D eigenvalue weighted by Gasteiger charge is -2.40. The summed E-state index contributed by atoms with van der Waals surface area (Å²) < 4.78 is 5.76. The van der Waals surface area contributed by atoms with Gasteiger partial charge in [-0.25, -0.2) is 0 Å². The molecule has 0 spiro atoms. The molecule has 0 aromatic heterocycles. The summed E-state index contributed by atoms with van der Waals surface area (Å²) in [5, 5.41) is 0. The van der Waals surface area contributed by atoms with Gasteiger partial charge in [0, 0.05) is 11.6 Å². The van der Waals surface area contributed by atoms with Crippen LogP contribution in [0, 0.1) is 0 Å². The summed E-state index contributed by atoms with van der Waals surface area (Å²) in [4.78, 5) is 6.61. The molecule has 104 valence electrons. The third kappa shape index (κ3) is 2.27. The van der Waals surface area contributed by atoms with E-state index in [0.29, 0.717) is 25.2 Å². The zero-order valence-corrected chi connectivity index (χ0v) is 12.2. The van der Waals surface area contributed by atoms with E-state index in [2.05, 4.69) is 36.7 Å². The Kier molecular flexibility index (Phi) is 3.69. The summed E-state index contributed by atoms with van der Waals surface area (Å²) in [5.41, 5.74) is 6.97. The molecule has 1 aromatic rings. The molecule has 2 rings (SSSR count). The Balaban J connectivity index is 2.45. The first kappa shape index (κ1) is 13.7. The predicted octanol–water partition coefficient (Wildman–Crippen LogP) is 2.34. The number of nitrogens with zero attached hydrogens (tertiary/aromatic N) is 2. The molecule has 1 aromatic carbocycles. The van der Waals surface area contributed by atoms with Crippen molar-refractivity contribution < 1.29 is 4.74 Å². The van der Waals surface area contributed by atoms with Crippen LogP contribution in [0.3, 0.4) is 0 Å². The van der Waals surface area contributed by atoms with Crippen molar-refractivity contribution in [2.45, 2.75) is 39.3 Å². The molecular weight excluding hydrogens is 238 g/mol. The van der Waals surface area contributed by atoms with Crippen LogP contribution in [0.25, 0.3) is 0 Å². The van der Waals surface area contributed by atoms with Crippen LogP contribution in [0.1, 0.15) is 33.3 Å². The van der Waals surface area contributed by atoms with Crippen LogP contribution < -0.4 is 10.5 Å². The number of hydrogen-bond acceptors (Lipinski definition) is 4. The molecule has 0 saturated heterocycles. The van der Waals surface area contributed by atoms with E-state index in [1.165, 1.54) is 0 Å². The van der Waals surface area contributed by atoms with Gasteiger partial charge in [0.15, 0.2) is 5.96 Å². The molecule has 0 bridgehead atoms. The highest BCUT2D eigenvalue weighted by Gasteiger charge is 2.42. The molecule has 0 aliphatic carbocycles. The highest BCUT2D eigenvalue weighted by Crippen LogP contribution is 2.39. The summed E-state index contributed by atoms with van der Waals surface area (Å²) in [7, 11) is 0. The first-order valence-corrected chi connectivity index (χ1v) is 6.82. The second kappa shape index (κ2) is 5.11. The molecule has 1 aliphatic rings. The first-order valence-electron chi connectivity index (χ1n) is 6.82. The van der Waals surface area contributed by atoms with Crippen LogP contribution in [0.4, 0.5) is 0 Å². The highest BCUT2D eigenvalue weighted by molar-refractivity contribution is 5.81. The van der Waals surface area contributed by atoms with E-state index >= 15 is 0 Å². The molecule has 1 unspecified atom stereocenters. The summed E-state index contributed by atoms with van der Waals surface area (Å²) >= 11 is 0. The monoisotopic (exact) mass is 261 g/mol. The molecule has 0 radical (unpaired) electrons. The van der Waals surface area contributed by atoms with E-state index in [0.717, 1.165) is 11.3 Å². The van der Waals surface area contributed by atoms with Crippen molar-refractivity contribution in [2.75, 3.05) is 13.2 Å². The van der Waals surface area contributed by atoms with Crippen molar-refractivity contribution in [1.82, 2.24) is 4.90 Å². The Morgan fingerprint density at radius 3 is 2.74 bits per heavy atom. The van der Waals surface area contributed by atoms with Crippen LogP contribution in [0.15, 0.2) is 29.3 Å². The number of guanidine groups is 1. The van der Waals surface area contributed by atoms with Crippen molar-refractivity contribution in [3.8, 4) is 5.75 Å². The lowest BCUT2D eigenvalue weighted by atomic mass is 9.89. The van der Waals surface area contributed by atoms with Gasteiger partial charge < -0.3 is 15.4 Å². The SMILES string of the molecule is CCOc1ccccc1C1(C)CN=C(N)N1C(C)C. The molecule has 2 N–H and O–H groups in total. The highest BCUT2D eigenvalue weighted by atomic mass is 16.5. The minimum atomic E-state index is -0.232. The topological polar surface area (TPSA) is 50.9 Å². The number of hydrogen-bond donors (Lipinski definition) is 1. The van der Waals surface area contributed by atoms with Crippen LogP contribution >= 0.6 is 0 Å². The molecule has 4 heteroatoms. The maximum absolute atomic E-state index is 6.05. The van der Waals surface area contributed by atoms with Crippen LogP contribution in [0.5, 0.6) is 5.75 Å². The average Bonchev–Trinajstić information content (AvgIpc) is 2.67. The summed E-state index contributed by atoms with van der Waals surface area (Å²) in [6.45, 7) is 9.77. The number of aliphatic imine (C=N–C) groups is 1. The summed E-state index contributed by atoms with van der Waals surface area (Å²) in [5.74, 6) is 1.53. The van der Waals surface area contributed by atoms with Gasteiger partial charge in [-0.3, -0.25) is 4.99 Å². The second-order valence-electron chi connectivity index (χ2n) is 5.34. The van der Waals surface area contributed by atoms with Gasteiger partial charge >= 0.3 is 0 Å². The maximum Gasteiger partial charge on any atom is 0.192 e. The minimum absolute atomic E-state index is 0.232. The van der Waals surface area contributed by atoms with Gasteiger partial charge in [0.05, 0.1) is 18.7 Å². The number of para-hydroxylation sites is 1. The molecule has 19 heavy (non-hydrogen) atoms. The molecule has 4 nitrogen and oxygen atoms in total. The van der Waals surface area contributed by atoms with Crippen LogP contribution in [-0.4, -0.2) is 30.1 Å². The zero-order valence-electron chi connectivity index (χ0n) is 12.2. The molecule has 0 fully saturated rings. The Labute approximate surface area is 115 Å².